The van der Waals surface area contributed by atoms with E-state index >= 15 is 0 Å². The molecular formula is C23H21NO5. The smallest absolute Gasteiger partial charge is 0.238 e. The molecule has 0 N–H and O–H groups in total. The van der Waals surface area contributed by atoms with Crippen LogP contribution in [0.1, 0.15) is 23.2 Å². The van der Waals surface area contributed by atoms with Gasteiger partial charge >= 0.3 is 0 Å². The summed E-state index contributed by atoms with van der Waals surface area (Å²) in [5.74, 6) is 0.110. The highest BCUT2D eigenvalue weighted by Gasteiger charge is 2.47. The van der Waals surface area contributed by atoms with Crippen molar-refractivity contribution in [2.24, 2.45) is 11.8 Å². The van der Waals surface area contributed by atoms with Crippen LogP contribution in [0.3, 0.4) is 0 Å². The summed E-state index contributed by atoms with van der Waals surface area (Å²) < 4.78 is 10.7. The van der Waals surface area contributed by atoms with Crippen molar-refractivity contribution in [2.45, 2.75) is 12.8 Å². The van der Waals surface area contributed by atoms with Crippen LogP contribution in [0.2, 0.25) is 0 Å². The second kappa shape index (κ2) is 7.91. The number of allylic oxidation sites excluding steroid dienone is 2. The zero-order valence-corrected chi connectivity index (χ0v) is 16.0. The Morgan fingerprint density at radius 1 is 0.966 bits per heavy atom. The van der Waals surface area contributed by atoms with Gasteiger partial charge in [-0.05, 0) is 49.2 Å². The highest BCUT2D eigenvalue weighted by atomic mass is 16.5. The Labute approximate surface area is 168 Å². The normalized spacial score (nSPS) is 20.5. The first kappa shape index (κ1) is 18.9. The van der Waals surface area contributed by atoms with Crippen molar-refractivity contribution in [2.75, 3.05) is 18.6 Å². The summed E-state index contributed by atoms with van der Waals surface area (Å²) in [7, 11) is 1.54. The van der Waals surface area contributed by atoms with Gasteiger partial charge in [-0.15, -0.1) is 0 Å². The fraction of sp³-hybridized carbons (Fsp3) is 0.261. The highest BCUT2D eigenvalue weighted by molar-refractivity contribution is 6.22. The number of carbonyl (C=O) groups excluding carboxylic acids is 3. The Morgan fingerprint density at radius 2 is 1.62 bits per heavy atom. The number of hydrogen-bond acceptors (Lipinski definition) is 5. The number of ketones is 1. The van der Waals surface area contributed by atoms with Crippen LogP contribution in [-0.4, -0.2) is 31.3 Å². The van der Waals surface area contributed by atoms with E-state index in [1.54, 1.807) is 55.6 Å². The number of ether oxygens (including phenoxy) is 2. The zero-order valence-electron chi connectivity index (χ0n) is 16.0. The summed E-state index contributed by atoms with van der Waals surface area (Å²) >= 11 is 0. The number of rotatable bonds is 6. The van der Waals surface area contributed by atoms with Gasteiger partial charge in [0.25, 0.3) is 0 Å². The molecule has 2 aromatic rings. The van der Waals surface area contributed by atoms with Gasteiger partial charge in [-0.25, -0.2) is 0 Å². The molecule has 2 amide bonds. The van der Waals surface area contributed by atoms with E-state index in [1.807, 2.05) is 12.2 Å². The van der Waals surface area contributed by atoms with Crippen LogP contribution in [-0.2, 0) is 9.59 Å². The molecule has 0 radical (unpaired) electrons. The molecule has 0 unspecified atom stereocenters. The summed E-state index contributed by atoms with van der Waals surface area (Å²) in [5.41, 5.74) is 1.03. The number of methoxy groups -OCH3 is 1. The Hall–Kier alpha value is -3.41. The lowest BCUT2D eigenvalue weighted by molar-refractivity contribution is -0.122. The summed E-state index contributed by atoms with van der Waals surface area (Å²) in [4.78, 5) is 38.9. The monoisotopic (exact) mass is 391 g/mol. The van der Waals surface area contributed by atoms with Crippen LogP contribution in [0.25, 0.3) is 0 Å². The van der Waals surface area contributed by atoms with E-state index in [0.717, 1.165) is 0 Å². The maximum Gasteiger partial charge on any atom is 0.238 e. The van der Waals surface area contributed by atoms with Gasteiger partial charge < -0.3 is 9.47 Å². The van der Waals surface area contributed by atoms with Gasteiger partial charge in [0.2, 0.25) is 11.8 Å². The van der Waals surface area contributed by atoms with Crippen molar-refractivity contribution >= 4 is 23.3 Å². The van der Waals surface area contributed by atoms with Crippen molar-refractivity contribution in [1.29, 1.82) is 0 Å². The van der Waals surface area contributed by atoms with Crippen molar-refractivity contribution in [3.05, 3.63) is 66.2 Å². The summed E-state index contributed by atoms with van der Waals surface area (Å²) in [6.07, 6.45) is 5.15. The lowest BCUT2D eigenvalue weighted by Gasteiger charge is -2.15. The minimum absolute atomic E-state index is 0.121. The maximum atomic E-state index is 12.6. The third kappa shape index (κ3) is 3.66. The van der Waals surface area contributed by atoms with Crippen LogP contribution >= 0.6 is 0 Å². The fourth-order valence-corrected chi connectivity index (χ4v) is 3.77. The van der Waals surface area contributed by atoms with E-state index in [2.05, 4.69) is 0 Å². The molecule has 1 saturated heterocycles. The molecule has 2 atom stereocenters. The predicted molar refractivity (Wildman–Crippen MR) is 107 cm³/mol. The van der Waals surface area contributed by atoms with Gasteiger partial charge in [0, 0.05) is 5.56 Å². The SMILES string of the molecule is COc1cccc(C(=O)COc2ccc(N3C(=O)[C@H]4CC=CC[C@@H]4C3=O)cc2)c1. The number of carbonyl (C=O) groups is 3. The molecular weight excluding hydrogens is 370 g/mol. The standard InChI is InChI=1S/C23H21NO5/c1-28-18-6-4-5-15(13-18)21(25)14-29-17-11-9-16(10-12-17)24-22(26)19-7-2-3-8-20(19)23(24)27/h2-6,9-13,19-20H,7-8,14H2,1H3/t19-,20-/m0/s1. The highest BCUT2D eigenvalue weighted by Crippen LogP contribution is 2.37. The Morgan fingerprint density at radius 3 is 2.24 bits per heavy atom. The molecule has 0 bridgehead atoms. The van der Waals surface area contributed by atoms with Gasteiger partial charge in [-0.3, -0.25) is 19.3 Å². The summed E-state index contributed by atoms with van der Waals surface area (Å²) in [5, 5.41) is 0. The quantitative estimate of drug-likeness (QED) is 0.429. The number of anilines is 1. The molecule has 4 rings (SSSR count). The van der Waals surface area contributed by atoms with Crippen LogP contribution in [0.15, 0.2) is 60.7 Å². The number of fused-ring (bicyclic) bond motifs is 1. The van der Waals surface area contributed by atoms with Crippen molar-refractivity contribution in [3.8, 4) is 11.5 Å². The third-order valence-electron chi connectivity index (χ3n) is 5.36. The molecule has 0 saturated carbocycles. The van der Waals surface area contributed by atoms with Gasteiger partial charge in [-0.2, -0.15) is 0 Å². The van der Waals surface area contributed by atoms with Gasteiger partial charge in [0.15, 0.2) is 12.4 Å². The largest absolute Gasteiger partial charge is 0.497 e. The Bertz CT molecular complexity index is 953. The zero-order chi connectivity index (χ0) is 20.4. The van der Waals surface area contributed by atoms with Crippen LogP contribution < -0.4 is 14.4 Å². The molecule has 148 valence electrons. The summed E-state index contributed by atoms with van der Waals surface area (Å²) in [6.45, 7) is -0.121. The number of imide groups is 1. The second-order valence-corrected chi connectivity index (χ2v) is 7.11. The molecule has 1 fully saturated rings. The molecule has 1 heterocycles. The van der Waals surface area contributed by atoms with E-state index in [1.165, 1.54) is 4.90 Å². The first-order valence-corrected chi connectivity index (χ1v) is 9.51. The number of nitrogens with zero attached hydrogens (tertiary/aromatic N) is 1. The molecule has 6 nitrogen and oxygen atoms in total. The molecule has 6 heteroatoms. The van der Waals surface area contributed by atoms with E-state index in [0.29, 0.717) is 35.6 Å². The Kier molecular flexibility index (Phi) is 5.16. The van der Waals surface area contributed by atoms with E-state index < -0.39 is 0 Å². The number of hydrogen-bond donors (Lipinski definition) is 0. The maximum absolute atomic E-state index is 12.6. The van der Waals surface area contributed by atoms with Crippen molar-refractivity contribution < 1.29 is 23.9 Å². The van der Waals surface area contributed by atoms with Crippen LogP contribution in [0, 0.1) is 11.8 Å². The minimum Gasteiger partial charge on any atom is -0.497 e. The van der Waals surface area contributed by atoms with Crippen molar-refractivity contribution in [3.63, 3.8) is 0 Å². The summed E-state index contributed by atoms with van der Waals surface area (Å²) in [6, 6.07) is 13.5. The Balaban J connectivity index is 1.41. The van der Waals surface area contributed by atoms with E-state index in [9.17, 15) is 14.4 Å². The number of Topliss-reactive ketones (excluding diaryl/α,β-unsaturated/α-hetero) is 1. The van der Waals surface area contributed by atoms with Gasteiger partial charge in [-0.1, -0.05) is 24.3 Å². The molecule has 29 heavy (non-hydrogen) atoms. The average Bonchev–Trinajstić information content (AvgIpc) is 3.03. The van der Waals surface area contributed by atoms with Crippen molar-refractivity contribution in [1.82, 2.24) is 0 Å². The molecule has 0 aromatic heterocycles. The van der Waals surface area contributed by atoms with Gasteiger partial charge in [0.1, 0.15) is 11.5 Å². The predicted octanol–water partition coefficient (Wildman–Crippen LogP) is 3.41. The van der Waals surface area contributed by atoms with E-state index in [4.69, 9.17) is 9.47 Å². The number of benzene rings is 2. The lowest BCUT2D eigenvalue weighted by Crippen LogP contribution is -2.30. The van der Waals surface area contributed by atoms with Gasteiger partial charge in [0.05, 0.1) is 24.6 Å². The lowest BCUT2D eigenvalue weighted by atomic mass is 9.85. The third-order valence-corrected chi connectivity index (χ3v) is 5.36. The molecule has 1 aliphatic carbocycles. The fourth-order valence-electron chi connectivity index (χ4n) is 3.77. The van der Waals surface area contributed by atoms with E-state index in [-0.39, 0.29) is 36.0 Å². The average molecular weight is 391 g/mol. The first-order chi connectivity index (χ1) is 14.1. The minimum atomic E-state index is -0.260. The molecule has 2 aromatic carbocycles. The molecule has 2 aliphatic rings. The molecule has 1 aliphatic heterocycles. The second-order valence-electron chi connectivity index (χ2n) is 7.11. The topological polar surface area (TPSA) is 72.9 Å². The first-order valence-electron chi connectivity index (χ1n) is 9.51. The van der Waals surface area contributed by atoms with Crippen LogP contribution in [0.4, 0.5) is 5.69 Å². The van der Waals surface area contributed by atoms with Crippen LogP contribution in [0.5, 0.6) is 11.5 Å². The molecule has 0 spiro atoms. The number of amides is 2.